The van der Waals surface area contributed by atoms with Crippen molar-refractivity contribution in [3.05, 3.63) is 0 Å². The molecular formula is C16H32N2O. The number of nitrogens with two attached hydrogens (primary N) is 1. The lowest BCUT2D eigenvalue weighted by Gasteiger charge is -2.46. The third-order valence-electron chi connectivity index (χ3n) is 5.07. The third kappa shape index (κ3) is 4.44. The van der Waals surface area contributed by atoms with Crippen LogP contribution >= 0.6 is 0 Å². The summed E-state index contributed by atoms with van der Waals surface area (Å²) in [6, 6.07) is 0.740. The summed E-state index contributed by atoms with van der Waals surface area (Å²) in [5.74, 6) is 0. The van der Waals surface area contributed by atoms with Crippen molar-refractivity contribution in [2.45, 2.75) is 75.9 Å². The molecule has 3 heteroatoms. The second kappa shape index (κ2) is 7.61. The van der Waals surface area contributed by atoms with Crippen LogP contribution in [0.1, 0.15) is 64.2 Å². The van der Waals surface area contributed by atoms with E-state index in [1.807, 2.05) is 0 Å². The first-order chi connectivity index (χ1) is 9.26. The first kappa shape index (κ1) is 15.3. The Morgan fingerprint density at radius 1 is 1.16 bits per heavy atom. The summed E-state index contributed by atoms with van der Waals surface area (Å²) in [7, 11) is 2.30. The van der Waals surface area contributed by atoms with Crippen molar-refractivity contribution in [2.24, 2.45) is 5.73 Å². The molecule has 2 aliphatic rings. The molecule has 0 bridgehead atoms. The molecule has 19 heavy (non-hydrogen) atoms. The Balaban J connectivity index is 1.76. The summed E-state index contributed by atoms with van der Waals surface area (Å²) in [5, 5.41) is 0. The number of hydrogen-bond donors (Lipinski definition) is 1. The molecule has 1 atom stereocenters. The molecule has 1 heterocycles. The van der Waals surface area contributed by atoms with Crippen LogP contribution < -0.4 is 5.73 Å². The summed E-state index contributed by atoms with van der Waals surface area (Å²) < 4.78 is 6.19. The Kier molecular flexibility index (Phi) is 6.11. The first-order valence-corrected chi connectivity index (χ1v) is 8.30. The van der Waals surface area contributed by atoms with Gasteiger partial charge in [0.15, 0.2) is 0 Å². The molecule has 1 aliphatic carbocycles. The van der Waals surface area contributed by atoms with Crippen LogP contribution in [0, 0.1) is 0 Å². The minimum Gasteiger partial charge on any atom is -0.375 e. The zero-order valence-electron chi connectivity index (χ0n) is 12.7. The Morgan fingerprint density at radius 2 is 1.95 bits per heavy atom. The second-order valence-corrected chi connectivity index (χ2v) is 6.57. The SMILES string of the molecule is CN(CCCCCN)C1CCOC2(CCCCC2)C1. The number of unbranched alkanes of at least 4 members (excludes halogenated alkanes) is 2. The van der Waals surface area contributed by atoms with Crippen molar-refractivity contribution in [2.75, 3.05) is 26.7 Å². The van der Waals surface area contributed by atoms with Crippen LogP contribution in [-0.4, -0.2) is 43.3 Å². The maximum absolute atomic E-state index is 6.19. The fraction of sp³-hybridized carbons (Fsp3) is 1.00. The van der Waals surface area contributed by atoms with Crippen LogP contribution in [-0.2, 0) is 4.74 Å². The molecule has 1 saturated heterocycles. The van der Waals surface area contributed by atoms with Gasteiger partial charge in [-0.1, -0.05) is 25.7 Å². The van der Waals surface area contributed by atoms with Crippen LogP contribution in [0.25, 0.3) is 0 Å². The molecule has 0 radical (unpaired) electrons. The van der Waals surface area contributed by atoms with Gasteiger partial charge in [0, 0.05) is 12.6 Å². The van der Waals surface area contributed by atoms with Crippen molar-refractivity contribution in [3.63, 3.8) is 0 Å². The van der Waals surface area contributed by atoms with Gasteiger partial charge in [0.25, 0.3) is 0 Å². The summed E-state index contributed by atoms with van der Waals surface area (Å²) in [5.41, 5.74) is 5.79. The summed E-state index contributed by atoms with van der Waals surface area (Å²) in [4.78, 5) is 2.58. The van der Waals surface area contributed by atoms with Crippen molar-refractivity contribution in [3.8, 4) is 0 Å². The molecular weight excluding hydrogens is 236 g/mol. The Hall–Kier alpha value is -0.120. The van der Waals surface area contributed by atoms with Crippen LogP contribution in [0.5, 0.6) is 0 Å². The Bertz CT molecular complexity index is 246. The first-order valence-electron chi connectivity index (χ1n) is 8.30. The molecule has 1 saturated carbocycles. The van der Waals surface area contributed by atoms with Crippen LogP contribution in [0.15, 0.2) is 0 Å². The van der Waals surface area contributed by atoms with E-state index in [9.17, 15) is 0 Å². The number of hydrogen-bond acceptors (Lipinski definition) is 3. The Labute approximate surface area is 118 Å². The van der Waals surface area contributed by atoms with E-state index in [0.717, 1.165) is 19.2 Å². The van der Waals surface area contributed by atoms with Crippen LogP contribution in [0.3, 0.4) is 0 Å². The smallest absolute Gasteiger partial charge is 0.0697 e. The molecule has 2 N–H and O–H groups in total. The average Bonchev–Trinajstić information content (AvgIpc) is 2.44. The van der Waals surface area contributed by atoms with Crippen molar-refractivity contribution in [1.82, 2.24) is 4.90 Å². The monoisotopic (exact) mass is 268 g/mol. The van der Waals surface area contributed by atoms with Gasteiger partial charge in [-0.2, -0.15) is 0 Å². The zero-order valence-corrected chi connectivity index (χ0v) is 12.7. The lowest BCUT2D eigenvalue weighted by atomic mass is 9.78. The normalized spacial score (nSPS) is 27.0. The van der Waals surface area contributed by atoms with E-state index in [1.54, 1.807) is 0 Å². The maximum atomic E-state index is 6.19. The highest BCUT2D eigenvalue weighted by atomic mass is 16.5. The molecule has 1 aliphatic heterocycles. The highest BCUT2D eigenvalue weighted by Crippen LogP contribution is 2.39. The predicted molar refractivity (Wildman–Crippen MR) is 80.3 cm³/mol. The zero-order chi connectivity index (χ0) is 13.6. The van der Waals surface area contributed by atoms with E-state index in [0.29, 0.717) is 0 Å². The van der Waals surface area contributed by atoms with E-state index in [1.165, 1.54) is 70.8 Å². The van der Waals surface area contributed by atoms with Gasteiger partial charge in [-0.05, 0) is 58.7 Å². The van der Waals surface area contributed by atoms with Gasteiger partial charge >= 0.3 is 0 Å². The molecule has 2 fully saturated rings. The second-order valence-electron chi connectivity index (χ2n) is 6.57. The van der Waals surface area contributed by atoms with E-state index in [2.05, 4.69) is 11.9 Å². The maximum Gasteiger partial charge on any atom is 0.0697 e. The van der Waals surface area contributed by atoms with E-state index >= 15 is 0 Å². The van der Waals surface area contributed by atoms with Gasteiger partial charge in [-0.15, -0.1) is 0 Å². The highest BCUT2D eigenvalue weighted by Gasteiger charge is 2.39. The lowest BCUT2D eigenvalue weighted by Crippen LogP contribution is -2.48. The molecule has 0 amide bonds. The summed E-state index contributed by atoms with van der Waals surface area (Å²) in [6.07, 6.45) is 13.0. The molecule has 0 aromatic rings. The topological polar surface area (TPSA) is 38.5 Å². The van der Waals surface area contributed by atoms with Crippen molar-refractivity contribution >= 4 is 0 Å². The minimum atomic E-state index is 0.243. The van der Waals surface area contributed by atoms with Gasteiger partial charge in [-0.25, -0.2) is 0 Å². The fourth-order valence-corrected chi connectivity index (χ4v) is 3.79. The molecule has 1 spiro atoms. The number of rotatable bonds is 6. The summed E-state index contributed by atoms with van der Waals surface area (Å²) in [6.45, 7) is 3.03. The van der Waals surface area contributed by atoms with Gasteiger partial charge in [-0.3, -0.25) is 0 Å². The number of ether oxygens (including phenoxy) is 1. The Morgan fingerprint density at radius 3 is 2.68 bits per heavy atom. The molecule has 112 valence electrons. The number of nitrogens with zero attached hydrogens (tertiary/aromatic N) is 1. The van der Waals surface area contributed by atoms with Gasteiger partial charge in [0.05, 0.1) is 5.60 Å². The minimum absolute atomic E-state index is 0.243. The molecule has 2 rings (SSSR count). The van der Waals surface area contributed by atoms with E-state index in [4.69, 9.17) is 10.5 Å². The van der Waals surface area contributed by atoms with Gasteiger partial charge < -0.3 is 15.4 Å². The van der Waals surface area contributed by atoms with Crippen molar-refractivity contribution in [1.29, 1.82) is 0 Å². The molecule has 0 aromatic heterocycles. The van der Waals surface area contributed by atoms with Crippen LogP contribution in [0.4, 0.5) is 0 Å². The molecule has 1 unspecified atom stereocenters. The average molecular weight is 268 g/mol. The lowest BCUT2D eigenvalue weighted by molar-refractivity contribution is -0.122. The standard InChI is InChI=1S/C16H32N2O/c1-18(12-7-3-6-11-17)15-8-13-19-16(14-15)9-4-2-5-10-16/h15H,2-14,17H2,1H3. The fourth-order valence-electron chi connectivity index (χ4n) is 3.79. The van der Waals surface area contributed by atoms with Gasteiger partial charge in [0.2, 0.25) is 0 Å². The molecule has 3 nitrogen and oxygen atoms in total. The van der Waals surface area contributed by atoms with Crippen LogP contribution in [0.2, 0.25) is 0 Å². The quantitative estimate of drug-likeness (QED) is 0.753. The third-order valence-corrected chi connectivity index (χ3v) is 5.07. The van der Waals surface area contributed by atoms with E-state index in [-0.39, 0.29) is 5.60 Å². The highest BCUT2D eigenvalue weighted by molar-refractivity contribution is 4.92. The summed E-state index contributed by atoms with van der Waals surface area (Å²) >= 11 is 0. The van der Waals surface area contributed by atoms with Gasteiger partial charge in [0.1, 0.15) is 0 Å². The predicted octanol–water partition coefficient (Wildman–Crippen LogP) is 2.93. The largest absolute Gasteiger partial charge is 0.375 e. The van der Waals surface area contributed by atoms with Crippen molar-refractivity contribution < 1.29 is 4.74 Å². The molecule has 0 aromatic carbocycles. The van der Waals surface area contributed by atoms with E-state index < -0.39 is 0 Å².